The van der Waals surface area contributed by atoms with E-state index in [1.807, 2.05) is 55.2 Å². The number of rotatable bonds is 7. The number of nitrogens with zero attached hydrogens (tertiary/aromatic N) is 5. The Balaban J connectivity index is 1.31. The summed E-state index contributed by atoms with van der Waals surface area (Å²) in [5.41, 5.74) is 4.68. The minimum absolute atomic E-state index is 0.118. The van der Waals surface area contributed by atoms with E-state index in [1.165, 1.54) is 4.90 Å². The second-order valence-corrected chi connectivity index (χ2v) is 10.5. The molecule has 0 N–H and O–H groups in total. The van der Waals surface area contributed by atoms with Crippen LogP contribution in [0.3, 0.4) is 0 Å². The Morgan fingerprint density at radius 3 is 2.72 bits per heavy atom. The minimum Gasteiger partial charge on any atom is -0.370 e. The summed E-state index contributed by atoms with van der Waals surface area (Å²) >= 11 is 1.63. The summed E-state index contributed by atoms with van der Waals surface area (Å²) in [4.78, 5) is 45.1. The van der Waals surface area contributed by atoms with Gasteiger partial charge in [0.2, 0.25) is 5.91 Å². The quantitative estimate of drug-likeness (QED) is 0.457. The standard InChI is InChI=1S/C27H31N5O3S/c1-18-14-19(2)32(28-18)12-11-31-26(34)22-7-4-8-23(24(22)27(31)35)30-10-5-6-21(16-30)25(33)29(3)15-20-9-13-36-17-20/h4,7-9,13-14,17,21H,5-6,10-12,15-16H2,1-3H3. The number of aryl methyl sites for hydroxylation is 2. The summed E-state index contributed by atoms with van der Waals surface area (Å²) in [6.07, 6.45) is 1.68. The van der Waals surface area contributed by atoms with Crippen molar-refractivity contribution in [3.63, 3.8) is 0 Å². The first kappa shape index (κ1) is 24.2. The highest BCUT2D eigenvalue weighted by Gasteiger charge is 2.39. The van der Waals surface area contributed by atoms with Crippen LogP contribution >= 0.6 is 11.3 Å². The molecule has 1 fully saturated rings. The summed E-state index contributed by atoms with van der Waals surface area (Å²) in [5.74, 6) is -0.561. The number of anilines is 1. The van der Waals surface area contributed by atoms with Gasteiger partial charge < -0.3 is 9.80 Å². The van der Waals surface area contributed by atoms with E-state index < -0.39 is 0 Å². The molecule has 3 aromatic rings. The molecule has 0 aliphatic carbocycles. The first-order valence-electron chi connectivity index (χ1n) is 12.3. The van der Waals surface area contributed by atoms with Crippen molar-refractivity contribution in [1.82, 2.24) is 19.6 Å². The molecule has 3 amide bonds. The summed E-state index contributed by atoms with van der Waals surface area (Å²) in [7, 11) is 1.85. The van der Waals surface area contributed by atoms with Gasteiger partial charge in [0.1, 0.15) is 0 Å². The van der Waals surface area contributed by atoms with Crippen molar-refractivity contribution in [3.05, 3.63) is 69.2 Å². The van der Waals surface area contributed by atoms with E-state index in [4.69, 9.17) is 0 Å². The molecule has 1 unspecified atom stereocenters. The number of aromatic nitrogens is 2. The van der Waals surface area contributed by atoms with Crippen molar-refractivity contribution in [2.75, 3.05) is 31.6 Å². The lowest BCUT2D eigenvalue weighted by Gasteiger charge is -2.36. The number of carbonyl (C=O) groups is 3. The number of fused-ring (bicyclic) bond motifs is 1. The fourth-order valence-corrected chi connectivity index (χ4v) is 5.98. The lowest BCUT2D eigenvalue weighted by Crippen LogP contribution is -2.44. The van der Waals surface area contributed by atoms with Gasteiger partial charge in [0, 0.05) is 38.9 Å². The van der Waals surface area contributed by atoms with Crippen LogP contribution in [0.15, 0.2) is 41.1 Å². The van der Waals surface area contributed by atoms with E-state index in [2.05, 4.69) is 15.4 Å². The van der Waals surface area contributed by atoms with Crippen LogP contribution in [0.1, 0.15) is 50.5 Å². The van der Waals surface area contributed by atoms with Crippen molar-refractivity contribution in [2.24, 2.45) is 5.92 Å². The van der Waals surface area contributed by atoms with E-state index in [0.29, 0.717) is 30.8 Å². The maximum atomic E-state index is 13.5. The van der Waals surface area contributed by atoms with Gasteiger partial charge in [-0.15, -0.1) is 0 Å². The van der Waals surface area contributed by atoms with Crippen molar-refractivity contribution in [3.8, 4) is 0 Å². The van der Waals surface area contributed by atoms with Gasteiger partial charge in [-0.2, -0.15) is 16.4 Å². The Labute approximate surface area is 215 Å². The van der Waals surface area contributed by atoms with E-state index in [0.717, 1.165) is 42.0 Å². The maximum Gasteiger partial charge on any atom is 0.263 e. The van der Waals surface area contributed by atoms with Crippen LogP contribution in [0.25, 0.3) is 0 Å². The molecule has 2 aromatic heterocycles. The first-order valence-corrected chi connectivity index (χ1v) is 13.3. The Morgan fingerprint density at radius 2 is 2.00 bits per heavy atom. The summed E-state index contributed by atoms with van der Waals surface area (Å²) in [6.45, 7) is 6.50. The summed E-state index contributed by atoms with van der Waals surface area (Å²) < 4.78 is 1.83. The van der Waals surface area contributed by atoms with Crippen LogP contribution in [0, 0.1) is 19.8 Å². The van der Waals surface area contributed by atoms with Gasteiger partial charge in [0.25, 0.3) is 11.8 Å². The minimum atomic E-state index is -0.268. The topological polar surface area (TPSA) is 78.8 Å². The molecule has 0 spiro atoms. The predicted molar refractivity (Wildman–Crippen MR) is 139 cm³/mol. The van der Waals surface area contributed by atoms with Gasteiger partial charge in [-0.1, -0.05) is 6.07 Å². The molecule has 2 aliphatic rings. The molecule has 0 saturated carbocycles. The average Bonchev–Trinajstić information content (AvgIpc) is 3.56. The Bertz CT molecular complexity index is 1300. The van der Waals surface area contributed by atoms with Crippen LogP contribution in [0.4, 0.5) is 5.69 Å². The highest BCUT2D eigenvalue weighted by atomic mass is 32.1. The molecule has 8 nitrogen and oxygen atoms in total. The highest BCUT2D eigenvalue weighted by molar-refractivity contribution is 7.07. The molecule has 1 atom stereocenters. The Hall–Kier alpha value is -3.46. The van der Waals surface area contributed by atoms with E-state index >= 15 is 0 Å². The fraction of sp³-hybridized carbons (Fsp3) is 0.407. The molecule has 1 aromatic carbocycles. The van der Waals surface area contributed by atoms with E-state index in [9.17, 15) is 14.4 Å². The number of benzene rings is 1. The lowest BCUT2D eigenvalue weighted by molar-refractivity contribution is -0.135. The van der Waals surface area contributed by atoms with Crippen molar-refractivity contribution in [1.29, 1.82) is 0 Å². The van der Waals surface area contributed by atoms with Gasteiger partial charge in [0.15, 0.2) is 0 Å². The largest absolute Gasteiger partial charge is 0.370 e. The smallest absolute Gasteiger partial charge is 0.263 e. The molecule has 2 aliphatic heterocycles. The first-order chi connectivity index (χ1) is 17.3. The van der Waals surface area contributed by atoms with Crippen LogP contribution in [-0.2, 0) is 17.9 Å². The van der Waals surface area contributed by atoms with Gasteiger partial charge in [-0.3, -0.25) is 24.0 Å². The van der Waals surface area contributed by atoms with Crippen molar-refractivity contribution < 1.29 is 14.4 Å². The number of thiophene rings is 1. The molecule has 188 valence electrons. The second kappa shape index (κ2) is 9.89. The molecule has 4 heterocycles. The number of hydrogen-bond donors (Lipinski definition) is 0. The van der Waals surface area contributed by atoms with Gasteiger partial charge in [-0.05, 0) is 67.3 Å². The zero-order valence-electron chi connectivity index (χ0n) is 20.9. The highest BCUT2D eigenvalue weighted by Crippen LogP contribution is 2.34. The molecule has 1 saturated heterocycles. The van der Waals surface area contributed by atoms with Crippen LogP contribution in [-0.4, -0.2) is 64.0 Å². The van der Waals surface area contributed by atoms with Gasteiger partial charge >= 0.3 is 0 Å². The number of amides is 3. The van der Waals surface area contributed by atoms with Crippen molar-refractivity contribution >= 4 is 34.7 Å². The normalized spacial score (nSPS) is 17.6. The zero-order chi connectivity index (χ0) is 25.4. The molecular weight excluding hydrogens is 474 g/mol. The Kier molecular flexibility index (Phi) is 6.66. The monoisotopic (exact) mass is 505 g/mol. The second-order valence-electron chi connectivity index (χ2n) is 9.72. The third-order valence-corrected chi connectivity index (χ3v) is 7.84. The molecule has 5 rings (SSSR count). The van der Waals surface area contributed by atoms with Crippen LogP contribution < -0.4 is 4.90 Å². The average molecular weight is 506 g/mol. The zero-order valence-corrected chi connectivity index (χ0v) is 21.8. The number of hydrogen-bond acceptors (Lipinski definition) is 6. The predicted octanol–water partition coefficient (Wildman–Crippen LogP) is 3.73. The maximum absolute atomic E-state index is 13.5. The number of carbonyl (C=O) groups excluding carboxylic acids is 3. The van der Waals surface area contributed by atoms with Crippen molar-refractivity contribution in [2.45, 2.75) is 39.8 Å². The molecule has 9 heteroatoms. The molecular formula is C27H31N5O3S. The van der Waals surface area contributed by atoms with E-state index in [-0.39, 0.29) is 30.2 Å². The van der Waals surface area contributed by atoms with Gasteiger partial charge in [0.05, 0.1) is 35.0 Å². The summed E-state index contributed by atoms with van der Waals surface area (Å²) in [6, 6.07) is 9.47. The third kappa shape index (κ3) is 4.55. The number of piperidine rings is 1. The lowest BCUT2D eigenvalue weighted by atomic mass is 9.95. The van der Waals surface area contributed by atoms with Crippen LogP contribution in [0.5, 0.6) is 0 Å². The fourth-order valence-electron chi connectivity index (χ4n) is 5.32. The number of imide groups is 1. The summed E-state index contributed by atoms with van der Waals surface area (Å²) in [5, 5.41) is 8.53. The molecule has 0 radical (unpaired) electrons. The van der Waals surface area contributed by atoms with Gasteiger partial charge in [-0.25, -0.2) is 0 Å². The molecule has 36 heavy (non-hydrogen) atoms. The van der Waals surface area contributed by atoms with E-state index in [1.54, 1.807) is 22.3 Å². The molecule has 0 bridgehead atoms. The Morgan fingerprint density at radius 1 is 1.17 bits per heavy atom. The van der Waals surface area contributed by atoms with Crippen LogP contribution in [0.2, 0.25) is 0 Å². The third-order valence-electron chi connectivity index (χ3n) is 7.10. The SMILES string of the molecule is Cc1cc(C)n(CCN2C(=O)c3cccc(N4CCCC(C(=O)N(C)Cc5ccsc5)C4)c3C2=O)n1.